The van der Waals surface area contributed by atoms with Gasteiger partial charge < -0.3 is 10.1 Å². The number of nitrogens with one attached hydrogen (secondary N) is 1. The van der Waals surface area contributed by atoms with Gasteiger partial charge in [-0.25, -0.2) is 9.97 Å². The van der Waals surface area contributed by atoms with Gasteiger partial charge >= 0.3 is 0 Å². The molecule has 0 aliphatic carbocycles. The molecule has 1 heterocycles. The molecule has 2 rings (SSSR count). The summed E-state index contributed by atoms with van der Waals surface area (Å²) in [5.41, 5.74) is 0.893. The number of anilines is 2. The van der Waals surface area contributed by atoms with Gasteiger partial charge in [-0.05, 0) is 41.9 Å². The van der Waals surface area contributed by atoms with Crippen LogP contribution < -0.4 is 10.1 Å². The minimum atomic E-state index is 0.630. The maximum atomic E-state index is 5.55. The van der Waals surface area contributed by atoms with E-state index in [1.54, 1.807) is 0 Å². The summed E-state index contributed by atoms with van der Waals surface area (Å²) in [6.45, 7) is 4.44. The standard InChI is InChI=1S/C13H14BrN3O/c1-3-18-11-7-5-4-6-10(11)17-13-8-12(14)15-9(2)16-13/h4-8H,3H2,1-2H3,(H,15,16,17). The second-order valence-electron chi connectivity index (χ2n) is 3.68. The van der Waals surface area contributed by atoms with Gasteiger partial charge in [0.25, 0.3) is 0 Å². The molecule has 2 aromatic rings. The van der Waals surface area contributed by atoms with Gasteiger partial charge in [0.2, 0.25) is 0 Å². The lowest BCUT2D eigenvalue weighted by molar-refractivity contribution is 0.342. The van der Waals surface area contributed by atoms with Crippen molar-refractivity contribution in [3.05, 3.63) is 40.8 Å². The van der Waals surface area contributed by atoms with Crippen LogP contribution in [-0.2, 0) is 0 Å². The normalized spacial score (nSPS) is 10.2. The van der Waals surface area contributed by atoms with Crippen molar-refractivity contribution in [1.82, 2.24) is 9.97 Å². The summed E-state index contributed by atoms with van der Waals surface area (Å²) in [5, 5.41) is 3.23. The van der Waals surface area contributed by atoms with Crippen molar-refractivity contribution in [2.45, 2.75) is 13.8 Å². The molecule has 0 amide bonds. The Hall–Kier alpha value is -1.62. The van der Waals surface area contributed by atoms with Gasteiger partial charge in [-0.15, -0.1) is 0 Å². The van der Waals surface area contributed by atoms with Crippen LogP contribution in [0.1, 0.15) is 12.7 Å². The molecule has 0 fully saturated rings. The van der Waals surface area contributed by atoms with Gasteiger partial charge in [0.15, 0.2) is 0 Å². The Morgan fingerprint density at radius 2 is 2.06 bits per heavy atom. The SMILES string of the molecule is CCOc1ccccc1Nc1cc(Br)nc(C)n1. The predicted molar refractivity (Wildman–Crippen MR) is 75.4 cm³/mol. The summed E-state index contributed by atoms with van der Waals surface area (Å²) >= 11 is 3.35. The highest BCUT2D eigenvalue weighted by Crippen LogP contribution is 2.27. The van der Waals surface area contributed by atoms with E-state index in [1.807, 2.05) is 44.2 Å². The summed E-state index contributed by atoms with van der Waals surface area (Å²) in [6.07, 6.45) is 0. The molecule has 18 heavy (non-hydrogen) atoms. The second kappa shape index (κ2) is 5.82. The Kier molecular flexibility index (Phi) is 4.15. The van der Waals surface area contributed by atoms with E-state index < -0.39 is 0 Å². The molecule has 4 nitrogen and oxygen atoms in total. The minimum Gasteiger partial charge on any atom is -0.492 e. The molecular formula is C13H14BrN3O. The first kappa shape index (κ1) is 12.8. The zero-order valence-electron chi connectivity index (χ0n) is 10.3. The van der Waals surface area contributed by atoms with E-state index in [1.165, 1.54) is 0 Å². The predicted octanol–water partition coefficient (Wildman–Crippen LogP) is 3.69. The van der Waals surface area contributed by atoms with Crippen LogP contribution in [-0.4, -0.2) is 16.6 Å². The molecule has 0 radical (unpaired) electrons. The van der Waals surface area contributed by atoms with Crippen LogP contribution in [0.15, 0.2) is 34.9 Å². The third-order valence-corrected chi connectivity index (χ3v) is 2.66. The molecule has 0 aliphatic rings. The number of hydrogen-bond acceptors (Lipinski definition) is 4. The number of ether oxygens (including phenoxy) is 1. The first-order valence-electron chi connectivity index (χ1n) is 5.69. The van der Waals surface area contributed by atoms with Crippen molar-refractivity contribution in [2.24, 2.45) is 0 Å². The van der Waals surface area contributed by atoms with Gasteiger partial charge in [-0.1, -0.05) is 12.1 Å². The third-order valence-electron chi connectivity index (χ3n) is 2.26. The van der Waals surface area contributed by atoms with Gasteiger partial charge in [0, 0.05) is 6.07 Å². The van der Waals surface area contributed by atoms with Crippen molar-refractivity contribution >= 4 is 27.4 Å². The minimum absolute atomic E-state index is 0.630. The van der Waals surface area contributed by atoms with E-state index in [0.29, 0.717) is 12.4 Å². The molecule has 94 valence electrons. The highest BCUT2D eigenvalue weighted by atomic mass is 79.9. The number of nitrogens with zero attached hydrogens (tertiary/aromatic N) is 2. The average molecular weight is 308 g/mol. The summed E-state index contributed by atoms with van der Waals surface area (Å²) < 4.78 is 6.31. The molecule has 0 unspecified atom stereocenters. The molecule has 5 heteroatoms. The molecule has 0 aliphatic heterocycles. The fraction of sp³-hybridized carbons (Fsp3) is 0.231. The Morgan fingerprint density at radius 1 is 1.28 bits per heavy atom. The van der Waals surface area contributed by atoms with Gasteiger partial charge in [-0.2, -0.15) is 0 Å². The summed E-state index contributed by atoms with van der Waals surface area (Å²) in [4.78, 5) is 8.49. The maximum Gasteiger partial charge on any atom is 0.142 e. The number of rotatable bonds is 4. The average Bonchev–Trinajstić information content (AvgIpc) is 2.30. The van der Waals surface area contributed by atoms with Crippen LogP contribution in [0.3, 0.4) is 0 Å². The second-order valence-corrected chi connectivity index (χ2v) is 4.49. The number of aromatic nitrogens is 2. The fourth-order valence-electron chi connectivity index (χ4n) is 1.58. The molecule has 0 saturated carbocycles. The molecule has 0 atom stereocenters. The summed E-state index contributed by atoms with van der Waals surface area (Å²) in [7, 11) is 0. The number of benzene rings is 1. The number of hydrogen-bond donors (Lipinski definition) is 1. The summed E-state index contributed by atoms with van der Waals surface area (Å²) in [6, 6.07) is 9.60. The first-order chi connectivity index (χ1) is 8.69. The van der Waals surface area contributed by atoms with Crippen LogP contribution in [0.25, 0.3) is 0 Å². The Morgan fingerprint density at radius 3 is 2.78 bits per heavy atom. The van der Waals surface area contributed by atoms with E-state index in [4.69, 9.17) is 4.74 Å². The van der Waals surface area contributed by atoms with E-state index in [9.17, 15) is 0 Å². The zero-order chi connectivity index (χ0) is 13.0. The lowest BCUT2D eigenvalue weighted by atomic mass is 10.3. The highest BCUT2D eigenvalue weighted by Gasteiger charge is 2.05. The lowest BCUT2D eigenvalue weighted by Crippen LogP contribution is -2.00. The fourth-order valence-corrected chi connectivity index (χ4v) is 2.06. The van der Waals surface area contributed by atoms with Crippen molar-refractivity contribution in [1.29, 1.82) is 0 Å². The zero-order valence-corrected chi connectivity index (χ0v) is 11.9. The largest absolute Gasteiger partial charge is 0.492 e. The van der Waals surface area contributed by atoms with Gasteiger partial charge in [0.05, 0.1) is 12.3 Å². The van der Waals surface area contributed by atoms with Crippen LogP contribution in [0.5, 0.6) is 5.75 Å². The van der Waals surface area contributed by atoms with E-state index in [2.05, 4.69) is 31.2 Å². The smallest absolute Gasteiger partial charge is 0.142 e. The lowest BCUT2D eigenvalue weighted by Gasteiger charge is -2.11. The Balaban J connectivity index is 2.27. The molecule has 1 aromatic heterocycles. The highest BCUT2D eigenvalue weighted by molar-refractivity contribution is 9.10. The Bertz CT molecular complexity index is 525. The monoisotopic (exact) mass is 307 g/mol. The number of aryl methyl sites for hydroxylation is 1. The topological polar surface area (TPSA) is 47.0 Å². The number of para-hydroxylation sites is 2. The van der Waals surface area contributed by atoms with Crippen LogP contribution in [0, 0.1) is 6.92 Å². The van der Waals surface area contributed by atoms with Gasteiger partial charge in [-0.3, -0.25) is 0 Å². The first-order valence-corrected chi connectivity index (χ1v) is 6.48. The van der Waals surface area contributed by atoms with Crippen LogP contribution in [0.4, 0.5) is 11.5 Å². The Labute approximate surface area is 115 Å². The van der Waals surface area contributed by atoms with E-state index in [0.717, 1.165) is 21.9 Å². The molecule has 0 bridgehead atoms. The van der Waals surface area contributed by atoms with Crippen molar-refractivity contribution in [2.75, 3.05) is 11.9 Å². The van der Waals surface area contributed by atoms with Crippen molar-refractivity contribution < 1.29 is 4.74 Å². The van der Waals surface area contributed by atoms with Crippen LogP contribution in [0.2, 0.25) is 0 Å². The molecule has 1 aromatic carbocycles. The molecule has 1 N–H and O–H groups in total. The summed E-state index contributed by atoms with van der Waals surface area (Å²) in [5.74, 6) is 2.26. The van der Waals surface area contributed by atoms with Crippen molar-refractivity contribution in [3.8, 4) is 5.75 Å². The van der Waals surface area contributed by atoms with Crippen LogP contribution >= 0.6 is 15.9 Å². The molecule has 0 spiro atoms. The van der Waals surface area contributed by atoms with E-state index >= 15 is 0 Å². The quantitative estimate of drug-likeness (QED) is 0.875. The third kappa shape index (κ3) is 3.20. The van der Waals surface area contributed by atoms with Crippen molar-refractivity contribution in [3.63, 3.8) is 0 Å². The number of halogens is 1. The van der Waals surface area contributed by atoms with Gasteiger partial charge in [0.1, 0.15) is 22.0 Å². The van der Waals surface area contributed by atoms with E-state index in [-0.39, 0.29) is 0 Å². The maximum absolute atomic E-state index is 5.55. The molecular weight excluding hydrogens is 294 g/mol. The molecule has 0 saturated heterocycles.